The molecule has 2 aromatic carbocycles. The number of carboxylic acids is 1. The molecule has 6 nitrogen and oxygen atoms in total. The number of nitrogens with zero attached hydrogens (tertiary/aromatic N) is 2. The van der Waals surface area contributed by atoms with Crippen LogP contribution in [-0.2, 0) is 4.79 Å². The van der Waals surface area contributed by atoms with Gasteiger partial charge in [0.25, 0.3) is 0 Å². The molecule has 0 amide bonds. The molecule has 9 heteroatoms. The lowest BCUT2D eigenvalue weighted by molar-refractivity contribution is -0.139. The van der Waals surface area contributed by atoms with Crippen molar-refractivity contribution in [1.82, 2.24) is 9.88 Å². The number of aromatic nitrogens is 1. The number of likely N-dealkylation sites (tertiary alicyclic amines) is 1. The fourth-order valence-corrected chi connectivity index (χ4v) is 5.17. The summed E-state index contributed by atoms with van der Waals surface area (Å²) >= 11 is 0. The molecule has 1 fully saturated rings. The Morgan fingerprint density at radius 3 is 2.82 bits per heavy atom. The third kappa shape index (κ3) is 6.63. The first-order valence-corrected chi connectivity index (χ1v) is 12.5. The quantitative estimate of drug-likeness (QED) is 0.321. The van der Waals surface area contributed by atoms with E-state index in [1.54, 1.807) is 13.3 Å². The molecule has 3 atom stereocenters. The highest BCUT2D eigenvalue weighted by Gasteiger charge is 2.31. The summed E-state index contributed by atoms with van der Waals surface area (Å²) in [5.74, 6) is 1.82. The number of carboxylic acid groups (broad SMARTS) is 1. The first-order chi connectivity index (χ1) is 18.2. The van der Waals surface area contributed by atoms with Crippen molar-refractivity contribution in [2.24, 2.45) is 17.6 Å². The summed E-state index contributed by atoms with van der Waals surface area (Å²) in [4.78, 5) is 18.0. The summed E-state index contributed by atoms with van der Waals surface area (Å²) in [6.45, 7) is 1.43. The summed E-state index contributed by atoms with van der Waals surface area (Å²) in [5.41, 5.74) is 8.06. The molecule has 3 N–H and O–H groups in total. The summed E-state index contributed by atoms with van der Waals surface area (Å²) in [6, 6.07) is 8.67. The Bertz CT molecular complexity index is 1370. The lowest BCUT2D eigenvalue weighted by atomic mass is 9.79. The molecule has 200 valence electrons. The smallest absolute Gasteiger partial charge is 0.303 e. The zero-order chi connectivity index (χ0) is 27.2. The normalized spacial score (nSPS) is 18.6. The summed E-state index contributed by atoms with van der Waals surface area (Å²) in [6.07, 6.45) is 3.96. The maximum absolute atomic E-state index is 13.9. The van der Waals surface area contributed by atoms with E-state index in [4.69, 9.17) is 10.5 Å². The van der Waals surface area contributed by atoms with Gasteiger partial charge in [-0.3, -0.25) is 14.7 Å². The molecule has 1 aliphatic heterocycles. The van der Waals surface area contributed by atoms with Crippen molar-refractivity contribution < 1.29 is 27.8 Å². The van der Waals surface area contributed by atoms with Crippen LogP contribution in [0.1, 0.15) is 42.9 Å². The second-order valence-electron chi connectivity index (χ2n) is 9.66. The molecular weight excluding hydrogens is 495 g/mol. The van der Waals surface area contributed by atoms with Crippen LogP contribution >= 0.6 is 0 Å². The molecule has 38 heavy (non-hydrogen) atoms. The van der Waals surface area contributed by atoms with E-state index in [1.165, 1.54) is 0 Å². The number of piperidine rings is 1. The molecule has 0 radical (unpaired) electrons. The van der Waals surface area contributed by atoms with Crippen LogP contribution in [0, 0.1) is 41.1 Å². The number of benzene rings is 2. The Morgan fingerprint density at radius 1 is 1.24 bits per heavy atom. The molecule has 0 spiro atoms. The Labute approximate surface area is 219 Å². The van der Waals surface area contributed by atoms with Gasteiger partial charge in [-0.25, -0.2) is 13.2 Å². The second-order valence-corrected chi connectivity index (χ2v) is 9.66. The zero-order valence-electron chi connectivity index (χ0n) is 21.1. The molecule has 1 unspecified atom stereocenters. The predicted octanol–water partition coefficient (Wildman–Crippen LogP) is 4.91. The molecule has 4 rings (SSSR count). The Hall–Kier alpha value is -3.61. The number of rotatable bonds is 8. The number of hydrogen-bond donors (Lipinski definition) is 2. The largest absolute Gasteiger partial charge is 0.497 e. The van der Waals surface area contributed by atoms with Crippen LogP contribution in [0.3, 0.4) is 0 Å². The number of pyridine rings is 1. The summed E-state index contributed by atoms with van der Waals surface area (Å²) in [7, 11) is 1.61. The number of hydrogen-bond acceptors (Lipinski definition) is 5. The van der Waals surface area contributed by atoms with Crippen LogP contribution < -0.4 is 10.5 Å². The van der Waals surface area contributed by atoms with Gasteiger partial charge in [0.05, 0.1) is 24.7 Å². The molecule has 1 aliphatic rings. The minimum atomic E-state index is -1.28. The fraction of sp³-hybridized carbons (Fsp3) is 0.379. The van der Waals surface area contributed by atoms with E-state index < -0.39 is 23.4 Å². The van der Waals surface area contributed by atoms with Gasteiger partial charge in [0.1, 0.15) is 11.6 Å². The monoisotopic (exact) mass is 525 g/mol. The predicted molar refractivity (Wildman–Crippen MR) is 138 cm³/mol. The van der Waals surface area contributed by atoms with Crippen molar-refractivity contribution in [3.63, 3.8) is 0 Å². The van der Waals surface area contributed by atoms with Gasteiger partial charge in [-0.2, -0.15) is 0 Å². The molecule has 0 bridgehead atoms. The van der Waals surface area contributed by atoms with Gasteiger partial charge in [0, 0.05) is 36.7 Å². The second kappa shape index (κ2) is 12.3. The number of carbonyl (C=O) groups is 1. The number of nitrogens with two attached hydrogens (primary N) is 1. The highest BCUT2D eigenvalue weighted by Crippen LogP contribution is 2.34. The van der Waals surface area contributed by atoms with Gasteiger partial charge in [-0.1, -0.05) is 11.8 Å². The van der Waals surface area contributed by atoms with E-state index in [2.05, 4.69) is 16.8 Å². The van der Waals surface area contributed by atoms with Crippen molar-refractivity contribution in [2.45, 2.75) is 31.7 Å². The van der Waals surface area contributed by atoms with Crippen molar-refractivity contribution in [2.75, 3.05) is 26.7 Å². The van der Waals surface area contributed by atoms with Crippen LogP contribution in [0.5, 0.6) is 5.75 Å². The number of methoxy groups -OCH3 is 1. The van der Waals surface area contributed by atoms with Gasteiger partial charge >= 0.3 is 5.97 Å². The topological polar surface area (TPSA) is 88.7 Å². The van der Waals surface area contributed by atoms with Crippen molar-refractivity contribution in [3.05, 3.63) is 71.2 Å². The zero-order valence-corrected chi connectivity index (χ0v) is 21.1. The Kier molecular flexibility index (Phi) is 8.87. The average Bonchev–Trinajstić information content (AvgIpc) is 2.89. The molecule has 1 aromatic heterocycles. The molecule has 3 aromatic rings. The van der Waals surface area contributed by atoms with E-state index in [0.29, 0.717) is 25.6 Å². The van der Waals surface area contributed by atoms with Gasteiger partial charge in [-0.15, -0.1) is 0 Å². The van der Waals surface area contributed by atoms with Crippen LogP contribution in [0.2, 0.25) is 0 Å². The minimum Gasteiger partial charge on any atom is -0.497 e. The van der Waals surface area contributed by atoms with Gasteiger partial charge < -0.3 is 15.6 Å². The first kappa shape index (κ1) is 27.4. The van der Waals surface area contributed by atoms with Gasteiger partial charge in [0.2, 0.25) is 0 Å². The van der Waals surface area contributed by atoms with E-state index >= 15 is 0 Å². The average molecular weight is 526 g/mol. The molecule has 0 saturated carbocycles. The third-order valence-electron chi connectivity index (χ3n) is 7.16. The van der Waals surface area contributed by atoms with Gasteiger partial charge in [-0.05, 0) is 73.5 Å². The summed E-state index contributed by atoms with van der Waals surface area (Å²) < 4.78 is 46.0. The minimum absolute atomic E-state index is 0.0168. The lowest BCUT2D eigenvalue weighted by Gasteiger charge is -2.37. The van der Waals surface area contributed by atoms with E-state index in [0.717, 1.165) is 41.1 Å². The number of ether oxygens (including phenoxy) is 1. The number of halogens is 3. The Balaban J connectivity index is 1.40. The van der Waals surface area contributed by atoms with E-state index in [1.807, 2.05) is 29.2 Å². The van der Waals surface area contributed by atoms with Gasteiger partial charge in [0.15, 0.2) is 11.6 Å². The van der Waals surface area contributed by atoms with E-state index in [9.17, 15) is 23.1 Å². The first-order valence-electron chi connectivity index (χ1n) is 12.5. The van der Waals surface area contributed by atoms with Crippen LogP contribution in [0.15, 0.2) is 42.6 Å². The van der Waals surface area contributed by atoms with Crippen molar-refractivity contribution >= 4 is 16.9 Å². The van der Waals surface area contributed by atoms with E-state index in [-0.39, 0.29) is 36.4 Å². The van der Waals surface area contributed by atoms with Crippen molar-refractivity contribution in [3.8, 4) is 17.6 Å². The molecule has 0 aliphatic carbocycles. The lowest BCUT2D eigenvalue weighted by Crippen LogP contribution is -2.41. The Morgan fingerprint density at radius 2 is 2.05 bits per heavy atom. The highest BCUT2D eigenvalue weighted by molar-refractivity contribution is 5.84. The van der Waals surface area contributed by atoms with Crippen LogP contribution in [-0.4, -0.2) is 47.7 Å². The molecular formula is C29H30F3N3O3. The number of aliphatic carboxylic acids is 1. The maximum Gasteiger partial charge on any atom is 0.303 e. The standard InChI is InChI=1S/C29H30F3N3O3/c1-38-22-5-7-27-24(16-22)23(8-10-34-27)26(33)6-4-18-9-12-35(17-20(18)14-28(36)37)11-2-3-19-13-21(30)15-25(31)29(19)32/h5,7-8,10,13,15-16,18,20,26H,4,6,9,11-12,14,17,33H2,1H3,(H,36,37)/t18-,20+,26?/m1/s1. The third-order valence-corrected chi connectivity index (χ3v) is 7.16. The SMILES string of the molecule is COc1ccc2nccc(C(N)CC[C@@H]3CCN(CC#Cc4cc(F)cc(F)c4F)C[C@@H]3CC(=O)O)c2c1. The fourth-order valence-electron chi connectivity index (χ4n) is 5.17. The number of fused-ring (bicyclic) bond motifs is 1. The van der Waals surface area contributed by atoms with Crippen molar-refractivity contribution in [1.29, 1.82) is 0 Å². The summed E-state index contributed by atoms with van der Waals surface area (Å²) in [5, 5.41) is 10.4. The molecule has 2 heterocycles. The molecule has 1 saturated heterocycles. The van der Waals surface area contributed by atoms with Crippen LogP contribution in [0.4, 0.5) is 13.2 Å². The maximum atomic E-state index is 13.9. The highest BCUT2D eigenvalue weighted by atomic mass is 19.2. The van der Waals surface area contributed by atoms with Crippen LogP contribution in [0.25, 0.3) is 10.9 Å².